The molecule has 19 heavy (non-hydrogen) atoms. The number of halogens is 2. The van der Waals surface area contributed by atoms with E-state index >= 15 is 0 Å². The summed E-state index contributed by atoms with van der Waals surface area (Å²) in [6, 6.07) is 1.87. The lowest BCUT2D eigenvalue weighted by atomic mass is 10.3. The van der Waals surface area contributed by atoms with Crippen LogP contribution in [0.4, 0.5) is 8.78 Å². The van der Waals surface area contributed by atoms with Crippen LogP contribution in [0.3, 0.4) is 0 Å². The Morgan fingerprint density at radius 3 is 2.63 bits per heavy atom. The molecule has 1 atom stereocenters. The third-order valence-electron chi connectivity index (χ3n) is 2.74. The first-order valence-electron chi connectivity index (χ1n) is 5.65. The van der Waals surface area contributed by atoms with E-state index in [9.17, 15) is 18.7 Å². The highest BCUT2D eigenvalue weighted by Gasteiger charge is 2.17. The molecule has 7 heteroatoms. The molecule has 2 aromatic rings. The predicted octanol–water partition coefficient (Wildman–Crippen LogP) is 1.84. The summed E-state index contributed by atoms with van der Waals surface area (Å²) < 4.78 is 27.8. The van der Waals surface area contributed by atoms with Crippen molar-refractivity contribution in [2.45, 2.75) is 26.0 Å². The minimum absolute atomic E-state index is 0.0249. The number of aliphatic carboxylic acids is 1. The van der Waals surface area contributed by atoms with Gasteiger partial charge in [0, 0.05) is 18.7 Å². The number of carbonyl (C=O) groups is 1. The number of nitrogens with zero attached hydrogens (tertiary/aromatic N) is 2. The maximum atomic E-state index is 13.2. The van der Waals surface area contributed by atoms with Crippen molar-refractivity contribution in [3.8, 4) is 0 Å². The largest absolute Gasteiger partial charge is 0.481 e. The molecule has 0 saturated heterocycles. The first kappa shape index (κ1) is 13.4. The van der Waals surface area contributed by atoms with Crippen molar-refractivity contribution in [3.63, 3.8) is 0 Å². The van der Waals surface area contributed by atoms with E-state index in [1.54, 1.807) is 0 Å². The van der Waals surface area contributed by atoms with Gasteiger partial charge in [-0.2, -0.15) is 0 Å². The first-order valence-corrected chi connectivity index (χ1v) is 5.65. The Bertz CT molecular complexity index is 637. The van der Waals surface area contributed by atoms with Crippen molar-refractivity contribution in [2.75, 3.05) is 0 Å². The molecule has 0 unspecified atom stereocenters. The molecule has 0 bridgehead atoms. The van der Waals surface area contributed by atoms with E-state index in [-0.39, 0.29) is 29.8 Å². The molecule has 1 heterocycles. The number of aryl methyl sites for hydroxylation is 1. The van der Waals surface area contributed by atoms with Crippen molar-refractivity contribution in [3.05, 3.63) is 29.6 Å². The van der Waals surface area contributed by atoms with Gasteiger partial charge in [0.1, 0.15) is 11.9 Å². The molecule has 0 aliphatic heterocycles. The Balaban J connectivity index is 2.58. The van der Waals surface area contributed by atoms with Crippen LogP contribution in [0.15, 0.2) is 12.1 Å². The standard InChI is InChI=1S/C12H12F2N2O3/c1-6(17)12-15-9-4-7(13)8(14)5-10(9)16(12)3-2-11(18)19/h4-6,17H,2-3H2,1H3,(H,18,19)/t6-/m0/s1. The van der Waals surface area contributed by atoms with Gasteiger partial charge in [0.25, 0.3) is 0 Å². The number of rotatable bonds is 4. The van der Waals surface area contributed by atoms with Gasteiger partial charge in [0.05, 0.1) is 17.5 Å². The maximum Gasteiger partial charge on any atom is 0.305 e. The van der Waals surface area contributed by atoms with Crippen molar-refractivity contribution in [1.82, 2.24) is 9.55 Å². The van der Waals surface area contributed by atoms with Gasteiger partial charge in [-0.1, -0.05) is 0 Å². The molecular weight excluding hydrogens is 258 g/mol. The normalized spacial score (nSPS) is 12.8. The van der Waals surface area contributed by atoms with E-state index in [1.807, 2.05) is 0 Å². The third kappa shape index (κ3) is 2.55. The molecule has 0 fully saturated rings. The third-order valence-corrected chi connectivity index (χ3v) is 2.74. The predicted molar refractivity (Wildman–Crippen MR) is 62.5 cm³/mol. The van der Waals surface area contributed by atoms with E-state index < -0.39 is 23.7 Å². The van der Waals surface area contributed by atoms with E-state index in [0.717, 1.165) is 12.1 Å². The molecule has 1 aromatic carbocycles. The molecule has 102 valence electrons. The van der Waals surface area contributed by atoms with Gasteiger partial charge in [-0.05, 0) is 6.92 Å². The van der Waals surface area contributed by atoms with Gasteiger partial charge >= 0.3 is 5.97 Å². The second kappa shape index (κ2) is 4.93. The molecule has 0 saturated carbocycles. The Morgan fingerprint density at radius 1 is 1.42 bits per heavy atom. The number of aliphatic hydroxyl groups excluding tert-OH is 1. The molecule has 2 N–H and O–H groups in total. The van der Waals surface area contributed by atoms with Crippen LogP contribution in [0.25, 0.3) is 11.0 Å². The average molecular weight is 270 g/mol. The summed E-state index contributed by atoms with van der Waals surface area (Å²) in [7, 11) is 0. The zero-order valence-corrected chi connectivity index (χ0v) is 10.1. The van der Waals surface area contributed by atoms with Gasteiger partial charge in [0.15, 0.2) is 11.6 Å². The van der Waals surface area contributed by atoms with Crippen LogP contribution in [0.5, 0.6) is 0 Å². The zero-order valence-electron chi connectivity index (χ0n) is 10.1. The Labute approximate surface area is 107 Å². The second-order valence-corrected chi connectivity index (χ2v) is 4.20. The van der Waals surface area contributed by atoms with Crippen LogP contribution in [0.1, 0.15) is 25.3 Å². The molecular formula is C12H12F2N2O3. The Morgan fingerprint density at radius 2 is 2.05 bits per heavy atom. The van der Waals surface area contributed by atoms with Crippen molar-refractivity contribution in [1.29, 1.82) is 0 Å². The van der Waals surface area contributed by atoms with Gasteiger partial charge in [-0.15, -0.1) is 0 Å². The number of carboxylic acids is 1. The number of imidazole rings is 1. The fourth-order valence-corrected chi connectivity index (χ4v) is 1.90. The lowest BCUT2D eigenvalue weighted by Gasteiger charge is -2.09. The quantitative estimate of drug-likeness (QED) is 0.889. The van der Waals surface area contributed by atoms with Crippen LogP contribution in [0, 0.1) is 11.6 Å². The van der Waals surface area contributed by atoms with Crippen LogP contribution in [0.2, 0.25) is 0 Å². The number of hydrogen-bond acceptors (Lipinski definition) is 3. The molecule has 1 aromatic heterocycles. The minimum Gasteiger partial charge on any atom is -0.481 e. The van der Waals surface area contributed by atoms with E-state index in [4.69, 9.17) is 5.11 Å². The van der Waals surface area contributed by atoms with Crippen molar-refractivity contribution < 1.29 is 23.8 Å². The van der Waals surface area contributed by atoms with Crippen molar-refractivity contribution in [2.24, 2.45) is 0 Å². The summed E-state index contributed by atoms with van der Waals surface area (Å²) >= 11 is 0. The highest BCUT2D eigenvalue weighted by Crippen LogP contribution is 2.23. The van der Waals surface area contributed by atoms with Gasteiger partial charge < -0.3 is 14.8 Å². The minimum atomic E-state index is -1.04. The fraction of sp³-hybridized carbons (Fsp3) is 0.333. The molecule has 0 aliphatic rings. The van der Waals surface area contributed by atoms with Crippen LogP contribution in [-0.4, -0.2) is 25.7 Å². The number of hydrogen-bond donors (Lipinski definition) is 2. The van der Waals surface area contributed by atoms with Crippen LogP contribution in [-0.2, 0) is 11.3 Å². The fourth-order valence-electron chi connectivity index (χ4n) is 1.90. The SMILES string of the molecule is C[C@H](O)c1nc2cc(F)c(F)cc2n1CCC(=O)O. The maximum absolute atomic E-state index is 13.2. The molecule has 0 amide bonds. The highest BCUT2D eigenvalue weighted by molar-refractivity contribution is 5.76. The summed E-state index contributed by atoms with van der Waals surface area (Å²) in [5.41, 5.74) is 0.441. The molecule has 0 spiro atoms. The second-order valence-electron chi connectivity index (χ2n) is 4.20. The highest BCUT2D eigenvalue weighted by atomic mass is 19.2. The molecule has 0 aliphatic carbocycles. The van der Waals surface area contributed by atoms with Gasteiger partial charge in [-0.3, -0.25) is 4.79 Å². The van der Waals surface area contributed by atoms with Crippen molar-refractivity contribution >= 4 is 17.0 Å². The van der Waals surface area contributed by atoms with Crippen LogP contribution < -0.4 is 0 Å². The zero-order chi connectivity index (χ0) is 14.2. The molecule has 2 rings (SSSR count). The Hall–Kier alpha value is -2.02. The van der Waals surface area contributed by atoms with E-state index in [1.165, 1.54) is 11.5 Å². The summed E-state index contributed by atoms with van der Waals surface area (Å²) in [6.07, 6.45) is -1.17. The molecule has 0 radical (unpaired) electrons. The topological polar surface area (TPSA) is 75.4 Å². The van der Waals surface area contributed by atoms with E-state index in [0.29, 0.717) is 0 Å². The average Bonchev–Trinajstić information content (AvgIpc) is 2.65. The summed E-state index contributed by atoms with van der Waals surface area (Å²) in [5.74, 6) is -2.92. The number of fused-ring (bicyclic) bond motifs is 1. The smallest absolute Gasteiger partial charge is 0.305 e. The summed E-state index contributed by atoms with van der Waals surface area (Å²) in [5, 5.41) is 18.3. The lowest BCUT2D eigenvalue weighted by Crippen LogP contribution is -2.10. The number of carboxylic acid groups (broad SMARTS) is 1. The first-order chi connectivity index (χ1) is 8.90. The summed E-state index contributed by atoms with van der Waals surface area (Å²) in [4.78, 5) is 14.6. The summed E-state index contributed by atoms with van der Waals surface area (Å²) in [6.45, 7) is 1.47. The number of aliphatic hydroxyl groups is 1. The van der Waals surface area contributed by atoms with Crippen LogP contribution >= 0.6 is 0 Å². The number of aromatic nitrogens is 2. The Kier molecular flexibility index (Phi) is 3.48. The molecule has 5 nitrogen and oxygen atoms in total. The van der Waals surface area contributed by atoms with E-state index in [2.05, 4.69) is 4.98 Å². The van der Waals surface area contributed by atoms with Gasteiger partial charge in [0.2, 0.25) is 0 Å². The lowest BCUT2D eigenvalue weighted by molar-refractivity contribution is -0.137. The van der Waals surface area contributed by atoms with Gasteiger partial charge in [-0.25, -0.2) is 13.8 Å². The number of benzene rings is 1. The monoisotopic (exact) mass is 270 g/mol.